The second-order valence-electron chi connectivity index (χ2n) is 8.56. The zero-order chi connectivity index (χ0) is 22.0. The van der Waals surface area contributed by atoms with E-state index in [0.29, 0.717) is 18.8 Å². The third-order valence-corrected chi connectivity index (χ3v) is 7.08. The van der Waals surface area contributed by atoms with Crippen molar-refractivity contribution in [3.05, 3.63) is 64.7 Å². The van der Waals surface area contributed by atoms with Gasteiger partial charge in [0.1, 0.15) is 0 Å². The first kappa shape index (κ1) is 24.4. The molecule has 2 aromatic carbocycles. The molecule has 2 fully saturated rings. The van der Waals surface area contributed by atoms with Crippen LogP contribution in [0.25, 0.3) is 0 Å². The smallest absolute Gasteiger partial charge is 0.335 e. The van der Waals surface area contributed by atoms with Crippen molar-refractivity contribution in [3.8, 4) is 0 Å². The number of carbonyl (C=O) groups is 2. The number of carboxylic acid groups (broad SMARTS) is 1. The van der Waals surface area contributed by atoms with Crippen LogP contribution in [0.1, 0.15) is 48.0 Å². The lowest BCUT2D eigenvalue weighted by Crippen LogP contribution is -2.55. The van der Waals surface area contributed by atoms with Crippen molar-refractivity contribution in [2.24, 2.45) is 5.73 Å². The summed E-state index contributed by atoms with van der Waals surface area (Å²) in [7, 11) is 0. The van der Waals surface area contributed by atoms with Gasteiger partial charge in [-0.3, -0.25) is 4.90 Å². The Kier molecular flexibility index (Phi) is 7.70. The molecule has 6 nitrogen and oxygen atoms in total. The van der Waals surface area contributed by atoms with E-state index >= 15 is 0 Å². The van der Waals surface area contributed by atoms with Gasteiger partial charge < -0.3 is 15.7 Å². The number of hydrogen-bond donors (Lipinski definition) is 2. The molecule has 172 valence electrons. The Hall–Kier alpha value is -2.28. The van der Waals surface area contributed by atoms with Gasteiger partial charge in [-0.2, -0.15) is 0 Å². The monoisotopic (exact) mass is 477 g/mol. The number of urea groups is 1. The zero-order valence-corrected chi connectivity index (χ0v) is 19.4. The van der Waals surface area contributed by atoms with Crippen molar-refractivity contribution >= 4 is 41.7 Å². The highest BCUT2D eigenvalue weighted by Gasteiger charge is 2.40. The number of amides is 2. The van der Waals surface area contributed by atoms with E-state index in [1.165, 1.54) is 5.56 Å². The van der Waals surface area contributed by atoms with Crippen LogP contribution in [-0.2, 0) is 5.41 Å². The molecule has 32 heavy (non-hydrogen) atoms. The molecule has 1 aliphatic carbocycles. The SMILES string of the molecule is Cl.NC[C@]1(c2cccc(Cl)c2)CC[C@@H](N2CCCN(c3cccc(C(=O)O)c3)C2=O)CC1. The largest absolute Gasteiger partial charge is 0.478 e. The van der Waals surface area contributed by atoms with Gasteiger partial charge in [0.2, 0.25) is 0 Å². The number of carboxylic acids is 1. The fourth-order valence-electron chi connectivity index (χ4n) is 5.03. The molecule has 1 saturated heterocycles. The van der Waals surface area contributed by atoms with Crippen molar-refractivity contribution < 1.29 is 14.7 Å². The van der Waals surface area contributed by atoms with Crippen molar-refractivity contribution in [3.63, 3.8) is 0 Å². The molecule has 0 bridgehead atoms. The number of anilines is 1. The molecule has 1 heterocycles. The average Bonchev–Trinajstić information content (AvgIpc) is 2.79. The molecule has 0 atom stereocenters. The van der Waals surface area contributed by atoms with Crippen LogP contribution in [-0.4, -0.2) is 47.7 Å². The summed E-state index contributed by atoms with van der Waals surface area (Å²) in [5.74, 6) is -0.991. The van der Waals surface area contributed by atoms with Crippen LogP contribution in [0.15, 0.2) is 48.5 Å². The van der Waals surface area contributed by atoms with E-state index in [-0.39, 0.29) is 35.5 Å². The Morgan fingerprint density at radius 3 is 2.50 bits per heavy atom. The first-order valence-corrected chi connectivity index (χ1v) is 11.2. The molecular formula is C24H29Cl2N3O3. The summed E-state index contributed by atoms with van der Waals surface area (Å²) in [5, 5.41) is 10.0. The molecular weight excluding hydrogens is 449 g/mol. The average molecular weight is 478 g/mol. The molecule has 1 aliphatic heterocycles. The van der Waals surface area contributed by atoms with Gasteiger partial charge >= 0.3 is 12.0 Å². The molecule has 0 aromatic heterocycles. The number of nitrogens with two attached hydrogens (primary N) is 1. The highest BCUT2D eigenvalue weighted by atomic mass is 35.5. The van der Waals surface area contributed by atoms with Gasteiger partial charge in [0.15, 0.2) is 0 Å². The lowest BCUT2D eigenvalue weighted by Gasteiger charge is -2.46. The van der Waals surface area contributed by atoms with Gasteiger partial charge in [-0.1, -0.05) is 29.8 Å². The first-order chi connectivity index (χ1) is 14.9. The number of rotatable bonds is 5. The predicted molar refractivity (Wildman–Crippen MR) is 129 cm³/mol. The summed E-state index contributed by atoms with van der Waals surface area (Å²) in [6.07, 6.45) is 4.45. The highest BCUT2D eigenvalue weighted by Crippen LogP contribution is 2.41. The minimum Gasteiger partial charge on any atom is -0.478 e. The summed E-state index contributed by atoms with van der Waals surface area (Å²) < 4.78 is 0. The third kappa shape index (κ3) is 4.72. The van der Waals surface area contributed by atoms with Crippen LogP contribution in [0, 0.1) is 0 Å². The second kappa shape index (κ2) is 10.1. The molecule has 8 heteroatoms. The van der Waals surface area contributed by atoms with Crippen LogP contribution >= 0.6 is 24.0 Å². The van der Waals surface area contributed by atoms with Crippen LogP contribution < -0.4 is 10.6 Å². The van der Waals surface area contributed by atoms with Crippen molar-refractivity contribution in [1.82, 2.24) is 4.90 Å². The number of benzene rings is 2. The van der Waals surface area contributed by atoms with Gasteiger partial charge in [-0.25, -0.2) is 9.59 Å². The van der Waals surface area contributed by atoms with Gasteiger partial charge in [-0.05, 0) is 68.0 Å². The summed E-state index contributed by atoms with van der Waals surface area (Å²) >= 11 is 6.22. The molecule has 3 N–H and O–H groups in total. The molecule has 4 rings (SSSR count). The number of hydrogen-bond acceptors (Lipinski definition) is 3. The van der Waals surface area contributed by atoms with Crippen LogP contribution in [0.3, 0.4) is 0 Å². The summed E-state index contributed by atoms with van der Waals surface area (Å²) in [5.41, 5.74) is 8.13. The topological polar surface area (TPSA) is 86.9 Å². The van der Waals surface area contributed by atoms with E-state index in [1.807, 2.05) is 23.1 Å². The quantitative estimate of drug-likeness (QED) is 0.638. The number of nitrogens with zero attached hydrogens (tertiary/aromatic N) is 2. The van der Waals surface area contributed by atoms with Crippen molar-refractivity contribution in [1.29, 1.82) is 0 Å². The van der Waals surface area contributed by atoms with Crippen molar-refractivity contribution in [2.75, 3.05) is 24.5 Å². The normalized spacial score (nSPS) is 23.6. The van der Waals surface area contributed by atoms with E-state index in [0.717, 1.165) is 43.7 Å². The maximum absolute atomic E-state index is 13.3. The number of aromatic carboxylic acids is 1. The van der Waals surface area contributed by atoms with E-state index < -0.39 is 5.97 Å². The number of carbonyl (C=O) groups excluding carboxylic acids is 1. The zero-order valence-electron chi connectivity index (χ0n) is 17.9. The summed E-state index contributed by atoms with van der Waals surface area (Å²) in [6.45, 7) is 1.88. The molecule has 1 saturated carbocycles. The fraction of sp³-hybridized carbons (Fsp3) is 0.417. The Labute approximate surface area is 199 Å². The lowest BCUT2D eigenvalue weighted by molar-refractivity contribution is 0.0696. The van der Waals surface area contributed by atoms with Crippen LogP contribution in [0.4, 0.5) is 10.5 Å². The summed E-state index contributed by atoms with van der Waals surface area (Å²) in [6, 6.07) is 14.7. The third-order valence-electron chi connectivity index (χ3n) is 6.84. The minimum atomic E-state index is -0.991. The molecule has 0 spiro atoms. The van der Waals surface area contributed by atoms with Gasteiger partial charge in [-0.15, -0.1) is 12.4 Å². The maximum atomic E-state index is 13.3. The Balaban J connectivity index is 0.00000289. The predicted octanol–water partition coefficient (Wildman–Crippen LogP) is 4.93. The first-order valence-electron chi connectivity index (χ1n) is 10.8. The number of halogens is 2. The molecule has 2 aromatic rings. The minimum absolute atomic E-state index is 0. The molecule has 2 amide bonds. The molecule has 0 radical (unpaired) electrons. The lowest BCUT2D eigenvalue weighted by atomic mass is 9.68. The summed E-state index contributed by atoms with van der Waals surface area (Å²) in [4.78, 5) is 28.3. The highest BCUT2D eigenvalue weighted by molar-refractivity contribution is 6.30. The maximum Gasteiger partial charge on any atom is 0.335 e. The van der Waals surface area contributed by atoms with E-state index in [9.17, 15) is 14.7 Å². The van der Waals surface area contributed by atoms with Crippen molar-refractivity contribution in [2.45, 2.75) is 43.6 Å². The standard InChI is InChI=1S/C24H28ClN3O3.ClH/c25-19-6-2-5-18(15-19)24(16-26)10-8-20(9-11-24)27-12-3-13-28(23(27)31)21-7-1-4-17(14-21)22(29)30;/h1-2,4-7,14-15,20H,3,8-13,16,26H2,(H,29,30);1H/t20-,24+;. The molecule has 2 aliphatic rings. The van der Waals surface area contributed by atoms with Crippen LogP contribution in [0.5, 0.6) is 0 Å². The fourth-order valence-corrected chi connectivity index (χ4v) is 5.22. The van der Waals surface area contributed by atoms with E-state index in [4.69, 9.17) is 17.3 Å². The van der Waals surface area contributed by atoms with E-state index in [1.54, 1.807) is 29.2 Å². The Bertz CT molecular complexity index is 976. The Morgan fingerprint density at radius 1 is 1.12 bits per heavy atom. The van der Waals surface area contributed by atoms with Crippen LogP contribution in [0.2, 0.25) is 5.02 Å². The van der Waals surface area contributed by atoms with Gasteiger partial charge in [0.05, 0.1) is 5.56 Å². The van der Waals surface area contributed by atoms with E-state index in [2.05, 4.69) is 6.07 Å². The molecule has 0 unspecified atom stereocenters. The Morgan fingerprint density at radius 2 is 1.84 bits per heavy atom. The van der Waals surface area contributed by atoms with Gasteiger partial charge in [0, 0.05) is 41.8 Å². The van der Waals surface area contributed by atoms with Gasteiger partial charge in [0.25, 0.3) is 0 Å². The second-order valence-corrected chi connectivity index (χ2v) is 9.00.